The second kappa shape index (κ2) is 6.05. The Morgan fingerprint density at radius 1 is 1.59 bits per heavy atom. The summed E-state index contributed by atoms with van der Waals surface area (Å²) in [5.41, 5.74) is 0.467. The van der Waals surface area contributed by atoms with Crippen LogP contribution in [0.1, 0.15) is 6.42 Å². The van der Waals surface area contributed by atoms with E-state index in [-0.39, 0.29) is 23.1 Å². The van der Waals surface area contributed by atoms with Gasteiger partial charge in [-0.2, -0.15) is 0 Å². The maximum Gasteiger partial charge on any atom is 0.307 e. The van der Waals surface area contributed by atoms with Gasteiger partial charge in [-0.1, -0.05) is 11.6 Å². The number of ether oxygens (including phenoxy) is 1. The highest BCUT2D eigenvalue weighted by Gasteiger charge is 2.09. The van der Waals surface area contributed by atoms with Crippen LogP contribution >= 0.6 is 11.6 Å². The molecule has 0 fully saturated rings. The van der Waals surface area contributed by atoms with Crippen molar-refractivity contribution in [2.24, 2.45) is 0 Å². The Morgan fingerprint density at radius 3 is 2.82 bits per heavy atom. The normalized spacial score (nSPS) is 9.76. The maximum absolute atomic E-state index is 10.8. The Bertz CT molecular complexity index is 436. The lowest BCUT2D eigenvalue weighted by Crippen LogP contribution is -2.09. The number of non-ortho nitro benzene ring substituents is 1. The quantitative estimate of drug-likeness (QED) is 0.497. The molecule has 0 spiro atoms. The van der Waals surface area contributed by atoms with Gasteiger partial charge >= 0.3 is 5.97 Å². The number of nitrogens with zero attached hydrogens (tertiary/aromatic N) is 1. The molecule has 0 heterocycles. The minimum absolute atomic E-state index is 0.0754. The predicted octanol–water partition coefficient (Wildman–Crippen LogP) is 2.22. The summed E-state index contributed by atoms with van der Waals surface area (Å²) in [7, 11) is 1.31. The van der Waals surface area contributed by atoms with Crippen molar-refractivity contribution in [2.75, 3.05) is 19.0 Å². The lowest BCUT2D eigenvalue weighted by Gasteiger charge is -2.07. The van der Waals surface area contributed by atoms with Crippen molar-refractivity contribution < 1.29 is 14.5 Å². The molecule has 0 saturated carbocycles. The molecule has 0 aliphatic rings. The molecule has 7 heteroatoms. The number of nitro groups is 1. The van der Waals surface area contributed by atoms with Gasteiger partial charge in [-0.15, -0.1) is 0 Å². The van der Waals surface area contributed by atoms with Gasteiger partial charge in [-0.25, -0.2) is 0 Å². The SMILES string of the molecule is COC(=O)CCNc1ccc([N+](=O)[O-])cc1Cl. The molecule has 0 amide bonds. The highest BCUT2D eigenvalue weighted by molar-refractivity contribution is 6.33. The fourth-order valence-electron chi connectivity index (χ4n) is 1.16. The average Bonchev–Trinajstić information content (AvgIpc) is 2.30. The molecule has 1 aromatic carbocycles. The van der Waals surface area contributed by atoms with E-state index >= 15 is 0 Å². The van der Waals surface area contributed by atoms with Crippen LogP contribution in [0, 0.1) is 10.1 Å². The molecule has 92 valence electrons. The maximum atomic E-state index is 10.8. The van der Waals surface area contributed by atoms with Crippen molar-refractivity contribution in [3.63, 3.8) is 0 Å². The fourth-order valence-corrected chi connectivity index (χ4v) is 1.40. The molecule has 0 aliphatic carbocycles. The standard InChI is InChI=1S/C10H11ClN2O4/c1-17-10(14)4-5-12-9-3-2-7(13(15)16)6-8(9)11/h2-3,6,12H,4-5H2,1H3. The largest absolute Gasteiger partial charge is 0.469 e. The number of benzene rings is 1. The topological polar surface area (TPSA) is 81.5 Å². The van der Waals surface area contributed by atoms with Gasteiger partial charge in [0.05, 0.1) is 29.2 Å². The van der Waals surface area contributed by atoms with Crippen LogP contribution in [-0.2, 0) is 9.53 Å². The molecule has 0 aliphatic heterocycles. The van der Waals surface area contributed by atoms with Crippen molar-refractivity contribution in [2.45, 2.75) is 6.42 Å². The number of hydrogen-bond acceptors (Lipinski definition) is 5. The monoisotopic (exact) mass is 258 g/mol. The summed E-state index contributed by atoms with van der Waals surface area (Å²) in [4.78, 5) is 20.8. The van der Waals surface area contributed by atoms with Crippen LogP contribution in [0.15, 0.2) is 18.2 Å². The Hall–Kier alpha value is -1.82. The Balaban J connectivity index is 2.60. The third-order valence-corrected chi connectivity index (χ3v) is 2.35. The molecular weight excluding hydrogens is 248 g/mol. The van der Waals surface area contributed by atoms with Crippen LogP contribution in [0.2, 0.25) is 5.02 Å². The van der Waals surface area contributed by atoms with E-state index in [1.807, 2.05) is 0 Å². The summed E-state index contributed by atoms with van der Waals surface area (Å²) in [6.45, 7) is 0.351. The molecule has 1 rings (SSSR count). The molecule has 0 radical (unpaired) electrons. The van der Waals surface area contributed by atoms with Crippen LogP contribution in [-0.4, -0.2) is 24.5 Å². The van der Waals surface area contributed by atoms with Gasteiger partial charge in [-0.3, -0.25) is 14.9 Å². The average molecular weight is 259 g/mol. The summed E-state index contributed by atoms with van der Waals surface area (Å²) in [6, 6.07) is 4.09. The van der Waals surface area contributed by atoms with Gasteiger partial charge in [0.25, 0.3) is 5.69 Å². The molecule has 1 aromatic rings. The fraction of sp³-hybridized carbons (Fsp3) is 0.300. The second-order valence-corrected chi connectivity index (χ2v) is 3.58. The zero-order chi connectivity index (χ0) is 12.8. The third-order valence-electron chi connectivity index (χ3n) is 2.04. The minimum atomic E-state index is -0.524. The minimum Gasteiger partial charge on any atom is -0.469 e. The lowest BCUT2D eigenvalue weighted by atomic mass is 10.2. The molecule has 0 unspecified atom stereocenters. The number of esters is 1. The molecule has 0 bridgehead atoms. The Labute approximate surface area is 103 Å². The molecule has 6 nitrogen and oxygen atoms in total. The molecule has 1 N–H and O–H groups in total. The van der Waals surface area contributed by atoms with E-state index in [1.54, 1.807) is 0 Å². The number of nitrogens with one attached hydrogen (secondary N) is 1. The number of rotatable bonds is 5. The van der Waals surface area contributed by atoms with Gasteiger partial charge in [-0.05, 0) is 6.07 Å². The van der Waals surface area contributed by atoms with E-state index in [2.05, 4.69) is 10.1 Å². The molecule has 0 atom stereocenters. The van der Waals surface area contributed by atoms with E-state index in [0.29, 0.717) is 12.2 Å². The first-order valence-electron chi connectivity index (χ1n) is 4.79. The first-order chi connectivity index (χ1) is 8.04. The van der Waals surface area contributed by atoms with Crippen molar-refractivity contribution in [1.29, 1.82) is 0 Å². The Kier molecular flexibility index (Phi) is 4.71. The number of anilines is 1. The number of nitro benzene ring substituents is 1. The van der Waals surface area contributed by atoms with Crippen LogP contribution in [0.5, 0.6) is 0 Å². The number of carbonyl (C=O) groups is 1. The molecule has 0 saturated heterocycles. The van der Waals surface area contributed by atoms with Gasteiger partial charge in [0.15, 0.2) is 0 Å². The summed E-state index contributed by atoms with van der Waals surface area (Å²) < 4.78 is 4.47. The molecular formula is C10H11ClN2O4. The first kappa shape index (κ1) is 13.2. The number of methoxy groups -OCH3 is 1. The van der Waals surface area contributed by atoms with Crippen molar-refractivity contribution in [3.05, 3.63) is 33.3 Å². The molecule has 17 heavy (non-hydrogen) atoms. The third kappa shape index (κ3) is 3.92. The van der Waals surface area contributed by atoms with E-state index in [4.69, 9.17) is 11.6 Å². The van der Waals surface area contributed by atoms with E-state index in [1.165, 1.54) is 25.3 Å². The van der Waals surface area contributed by atoms with Crippen LogP contribution in [0.4, 0.5) is 11.4 Å². The van der Waals surface area contributed by atoms with Crippen molar-refractivity contribution in [3.8, 4) is 0 Å². The second-order valence-electron chi connectivity index (χ2n) is 3.17. The zero-order valence-corrected chi connectivity index (χ0v) is 9.86. The van der Waals surface area contributed by atoms with Gasteiger partial charge in [0.1, 0.15) is 0 Å². The van der Waals surface area contributed by atoms with Crippen LogP contribution < -0.4 is 5.32 Å². The first-order valence-corrected chi connectivity index (χ1v) is 5.17. The van der Waals surface area contributed by atoms with Crippen LogP contribution in [0.25, 0.3) is 0 Å². The van der Waals surface area contributed by atoms with Crippen LogP contribution in [0.3, 0.4) is 0 Å². The van der Waals surface area contributed by atoms with E-state index < -0.39 is 4.92 Å². The summed E-state index contributed by atoms with van der Waals surface area (Å²) >= 11 is 5.84. The molecule has 0 aromatic heterocycles. The Morgan fingerprint density at radius 2 is 2.29 bits per heavy atom. The smallest absolute Gasteiger partial charge is 0.307 e. The number of carbonyl (C=O) groups excluding carboxylic acids is 1. The van der Waals surface area contributed by atoms with Gasteiger partial charge in [0, 0.05) is 18.7 Å². The summed E-state index contributed by atoms with van der Waals surface area (Å²) in [5, 5.41) is 13.6. The van der Waals surface area contributed by atoms with Gasteiger partial charge < -0.3 is 10.1 Å². The van der Waals surface area contributed by atoms with Gasteiger partial charge in [0.2, 0.25) is 0 Å². The van der Waals surface area contributed by atoms with Crippen molar-refractivity contribution in [1.82, 2.24) is 0 Å². The van der Waals surface area contributed by atoms with E-state index in [9.17, 15) is 14.9 Å². The number of hydrogen-bond donors (Lipinski definition) is 1. The van der Waals surface area contributed by atoms with E-state index in [0.717, 1.165) is 0 Å². The lowest BCUT2D eigenvalue weighted by molar-refractivity contribution is -0.384. The zero-order valence-electron chi connectivity index (χ0n) is 9.10. The van der Waals surface area contributed by atoms with Crippen molar-refractivity contribution >= 4 is 28.9 Å². The highest BCUT2D eigenvalue weighted by Crippen LogP contribution is 2.26. The number of halogens is 1. The predicted molar refractivity (Wildman–Crippen MR) is 63.2 cm³/mol. The summed E-state index contributed by atoms with van der Waals surface area (Å²) in [6.07, 6.45) is 0.198. The highest BCUT2D eigenvalue weighted by atomic mass is 35.5. The summed E-state index contributed by atoms with van der Waals surface area (Å²) in [5.74, 6) is -0.337.